The number of imide groups is 1. The van der Waals surface area contributed by atoms with Crippen LogP contribution in [0, 0.1) is 5.41 Å². The average Bonchev–Trinajstić information content (AvgIpc) is 2.13. The fourth-order valence-electron chi connectivity index (χ4n) is 2.07. The number of aliphatic carboxylic acids is 1. The molecule has 1 atom stereocenters. The summed E-state index contributed by atoms with van der Waals surface area (Å²) < 4.78 is 0. The van der Waals surface area contributed by atoms with Crippen LogP contribution in [-0.2, 0) is 14.4 Å². The van der Waals surface area contributed by atoms with E-state index in [4.69, 9.17) is 5.11 Å². The van der Waals surface area contributed by atoms with Crippen molar-refractivity contribution in [1.82, 2.24) is 4.90 Å². The number of hydrogen-bond donors (Lipinski definition) is 1. The normalized spacial score (nSPS) is 19.4. The SMILES string of the molecule is CC(C)(C)C(CC(=O)O)N1C(=O)CCCC1=O. The number of amides is 2. The van der Waals surface area contributed by atoms with Gasteiger partial charge in [-0.3, -0.25) is 19.3 Å². The predicted molar refractivity (Wildman–Crippen MR) is 61.2 cm³/mol. The lowest BCUT2D eigenvalue weighted by Crippen LogP contribution is -2.53. The van der Waals surface area contributed by atoms with Gasteiger partial charge in [0.1, 0.15) is 0 Å². The van der Waals surface area contributed by atoms with Crippen LogP contribution in [0.1, 0.15) is 46.5 Å². The first kappa shape index (κ1) is 13.7. The Balaban J connectivity index is 2.99. The maximum Gasteiger partial charge on any atom is 0.305 e. The molecule has 0 radical (unpaired) electrons. The summed E-state index contributed by atoms with van der Waals surface area (Å²) in [7, 11) is 0. The zero-order valence-corrected chi connectivity index (χ0v) is 10.5. The van der Waals surface area contributed by atoms with Crippen molar-refractivity contribution in [2.45, 2.75) is 52.5 Å². The molecule has 1 unspecified atom stereocenters. The van der Waals surface area contributed by atoms with Gasteiger partial charge in [0, 0.05) is 12.8 Å². The molecular formula is C12H19NO4. The average molecular weight is 241 g/mol. The monoisotopic (exact) mass is 241 g/mol. The van der Waals surface area contributed by atoms with E-state index in [1.807, 2.05) is 20.8 Å². The molecule has 0 spiro atoms. The first-order valence-electron chi connectivity index (χ1n) is 5.80. The van der Waals surface area contributed by atoms with Crippen molar-refractivity contribution in [2.75, 3.05) is 0 Å². The number of carbonyl (C=O) groups excluding carboxylic acids is 2. The Kier molecular flexibility index (Phi) is 3.91. The Labute approximate surface area is 101 Å². The Morgan fingerprint density at radius 1 is 1.29 bits per heavy atom. The van der Waals surface area contributed by atoms with Gasteiger partial charge in [-0.2, -0.15) is 0 Å². The van der Waals surface area contributed by atoms with Gasteiger partial charge in [-0.15, -0.1) is 0 Å². The highest BCUT2D eigenvalue weighted by atomic mass is 16.4. The molecule has 0 bridgehead atoms. The van der Waals surface area contributed by atoms with Crippen molar-refractivity contribution < 1.29 is 19.5 Å². The number of nitrogens with zero attached hydrogens (tertiary/aromatic N) is 1. The van der Waals surface area contributed by atoms with Gasteiger partial charge in [-0.25, -0.2) is 0 Å². The molecule has 96 valence electrons. The highest BCUT2D eigenvalue weighted by molar-refractivity contribution is 5.98. The number of carboxylic acids is 1. The molecule has 1 aliphatic rings. The van der Waals surface area contributed by atoms with E-state index < -0.39 is 17.4 Å². The van der Waals surface area contributed by atoms with E-state index >= 15 is 0 Å². The molecule has 0 aliphatic carbocycles. The molecule has 1 heterocycles. The first-order chi connectivity index (χ1) is 7.73. The number of rotatable bonds is 3. The third-order valence-corrected chi connectivity index (χ3v) is 3.00. The van der Waals surface area contributed by atoms with E-state index in [0.717, 1.165) is 4.90 Å². The van der Waals surface area contributed by atoms with Crippen LogP contribution in [0.4, 0.5) is 0 Å². The molecule has 1 N–H and O–H groups in total. The molecule has 1 saturated heterocycles. The summed E-state index contributed by atoms with van der Waals surface area (Å²) in [4.78, 5) is 35.6. The van der Waals surface area contributed by atoms with Crippen molar-refractivity contribution in [3.63, 3.8) is 0 Å². The van der Waals surface area contributed by atoms with E-state index in [9.17, 15) is 14.4 Å². The van der Waals surface area contributed by atoms with E-state index in [2.05, 4.69) is 0 Å². The standard InChI is InChI=1S/C12H19NO4/c1-12(2,3)8(7-11(16)17)13-9(14)5-4-6-10(13)15/h8H,4-7H2,1-3H3,(H,16,17). The Morgan fingerprint density at radius 2 is 1.76 bits per heavy atom. The first-order valence-corrected chi connectivity index (χ1v) is 5.80. The largest absolute Gasteiger partial charge is 0.481 e. The fourth-order valence-corrected chi connectivity index (χ4v) is 2.07. The summed E-state index contributed by atoms with van der Waals surface area (Å²) in [5.41, 5.74) is -0.430. The van der Waals surface area contributed by atoms with Crippen molar-refractivity contribution in [1.29, 1.82) is 0 Å². The topological polar surface area (TPSA) is 74.7 Å². The molecule has 1 rings (SSSR count). The molecular weight excluding hydrogens is 222 g/mol. The third-order valence-electron chi connectivity index (χ3n) is 3.00. The fraction of sp³-hybridized carbons (Fsp3) is 0.750. The van der Waals surface area contributed by atoms with Gasteiger partial charge in [-0.05, 0) is 11.8 Å². The van der Waals surface area contributed by atoms with Gasteiger partial charge >= 0.3 is 5.97 Å². The highest BCUT2D eigenvalue weighted by Gasteiger charge is 2.39. The van der Waals surface area contributed by atoms with Gasteiger partial charge in [0.2, 0.25) is 11.8 Å². The van der Waals surface area contributed by atoms with Crippen LogP contribution < -0.4 is 0 Å². The lowest BCUT2D eigenvalue weighted by Gasteiger charge is -2.39. The quantitative estimate of drug-likeness (QED) is 0.758. The number of likely N-dealkylation sites (tertiary alicyclic amines) is 1. The second-order valence-corrected chi connectivity index (χ2v) is 5.49. The Bertz CT molecular complexity index is 327. The smallest absolute Gasteiger partial charge is 0.305 e. The van der Waals surface area contributed by atoms with Gasteiger partial charge in [-0.1, -0.05) is 20.8 Å². The molecule has 0 aromatic carbocycles. The van der Waals surface area contributed by atoms with E-state index in [-0.39, 0.29) is 18.2 Å². The summed E-state index contributed by atoms with van der Waals surface area (Å²) in [5.74, 6) is -1.49. The third kappa shape index (κ3) is 3.28. The van der Waals surface area contributed by atoms with Gasteiger partial charge in [0.05, 0.1) is 12.5 Å². The summed E-state index contributed by atoms with van der Waals surface area (Å²) in [5, 5.41) is 8.90. The van der Waals surface area contributed by atoms with Crippen LogP contribution in [0.25, 0.3) is 0 Å². The summed E-state index contributed by atoms with van der Waals surface area (Å²) >= 11 is 0. The maximum atomic E-state index is 11.8. The lowest BCUT2D eigenvalue weighted by atomic mass is 9.82. The van der Waals surface area contributed by atoms with Crippen LogP contribution in [0.2, 0.25) is 0 Å². The maximum absolute atomic E-state index is 11.8. The molecule has 17 heavy (non-hydrogen) atoms. The highest BCUT2D eigenvalue weighted by Crippen LogP contribution is 2.30. The van der Waals surface area contributed by atoms with Crippen LogP contribution >= 0.6 is 0 Å². The number of carboxylic acid groups (broad SMARTS) is 1. The van der Waals surface area contributed by atoms with Gasteiger partial charge in [0.15, 0.2) is 0 Å². The van der Waals surface area contributed by atoms with Crippen LogP contribution in [0.15, 0.2) is 0 Å². The molecule has 0 aromatic rings. The summed E-state index contributed by atoms with van der Waals surface area (Å²) in [6.07, 6.45) is 1.04. The predicted octanol–water partition coefficient (Wildman–Crippen LogP) is 1.41. The Hall–Kier alpha value is -1.39. The number of piperidine rings is 1. The minimum atomic E-state index is -0.990. The molecule has 1 fully saturated rings. The molecule has 2 amide bonds. The van der Waals surface area contributed by atoms with Crippen LogP contribution in [-0.4, -0.2) is 33.8 Å². The second kappa shape index (κ2) is 4.85. The molecule has 0 aromatic heterocycles. The zero-order valence-electron chi connectivity index (χ0n) is 10.5. The van der Waals surface area contributed by atoms with E-state index in [1.165, 1.54) is 0 Å². The van der Waals surface area contributed by atoms with Crippen molar-refractivity contribution in [3.05, 3.63) is 0 Å². The summed E-state index contributed by atoms with van der Waals surface area (Å²) in [6, 6.07) is -0.569. The second-order valence-electron chi connectivity index (χ2n) is 5.49. The van der Waals surface area contributed by atoms with Crippen LogP contribution in [0.5, 0.6) is 0 Å². The number of hydrogen-bond acceptors (Lipinski definition) is 3. The Morgan fingerprint density at radius 3 is 2.12 bits per heavy atom. The zero-order chi connectivity index (χ0) is 13.2. The summed E-state index contributed by atoms with van der Waals surface area (Å²) in [6.45, 7) is 5.53. The van der Waals surface area contributed by atoms with Crippen molar-refractivity contribution >= 4 is 17.8 Å². The van der Waals surface area contributed by atoms with E-state index in [1.54, 1.807) is 0 Å². The molecule has 5 heteroatoms. The van der Waals surface area contributed by atoms with Crippen molar-refractivity contribution in [3.8, 4) is 0 Å². The number of carbonyl (C=O) groups is 3. The molecule has 1 aliphatic heterocycles. The minimum Gasteiger partial charge on any atom is -0.481 e. The van der Waals surface area contributed by atoms with Crippen molar-refractivity contribution in [2.24, 2.45) is 5.41 Å². The van der Waals surface area contributed by atoms with Crippen LogP contribution in [0.3, 0.4) is 0 Å². The van der Waals surface area contributed by atoms with Gasteiger partial charge < -0.3 is 5.11 Å². The molecule has 5 nitrogen and oxygen atoms in total. The van der Waals surface area contributed by atoms with Gasteiger partial charge in [0.25, 0.3) is 0 Å². The minimum absolute atomic E-state index is 0.193. The lowest BCUT2D eigenvalue weighted by molar-refractivity contribution is -0.155. The van der Waals surface area contributed by atoms with E-state index in [0.29, 0.717) is 19.3 Å². The molecule has 0 saturated carbocycles.